The van der Waals surface area contributed by atoms with Gasteiger partial charge in [-0.3, -0.25) is 9.59 Å². The molecule has 3 aromatic heterocycles. The predicted molar refractivity (Wildman–Crippen MR) is 155 cm³/mol. The number of alkyl halides is 3. The second kappa shape index (κ2) is 11.9. The summed E-state index contributed by atoms with van der Waals surface area (Å²) in [5.74, 6) is -1.55. The van der Waals surface area contributed by atoms with Gasteiger partial charge < -0.3 is 15.4 Å². The van der Waals surface area contributed by atoms with E-state index < -0.39 is 23.9 Å². The van der Waals surface area contributed by atoms with Gasteiger partial charge in [-0.05, 0) is 64.8 Å². The molecule has 3 heterocycles. The van der Waals surface area contributed by atoms with Crippen LogP contribution in [0.4, 0.5) is 18.9 Å². The quantitative estimate of drug-likeness (QED) is 0.238. The number of nitrogens with one attached hydrogen (secondary N) is 2. The lowest BCUT2D eigenvalue weighted by Gasteiger charge is -2.14. The summed E-state index contributed by atoms with van der Waals surface area (Å²) in [4.78, 5) is 31.7. The fourth-order valence-electron chi connectivity index (χ4n) is 4.28. The molecule has 0 unspecified atom stereocenters. The molecule has 2 aromatic carbocycles. The molecular weight excluding hydrogens is 671 g/mol. The number of aromatic nitrogens is 6. The summed E-state index contributed by atoms with van der Waals surface area (Å²) in [6.07, 6.45) is -3.43. The Morgan fingerprint density at radius 3 is 2.59 bits per heavy atom. The van der Waals surface area contributed by atoms with Crippen LogP contribution >= 0.6 is 27.5 Å². The largest absolute Gasteiger partial charge is 0.573 e. The molecule has 0 aliphatic carbocycles. The maximum absolute atomic E-state index is 13.7. The van der Waals surface area contributed by atoms with Crippen LogP contribution in [0.25, 0.3) is 16.9 Å². The molecule has 0 saturated carbocycles. The fourth-order valence-corrected chi connectivity index (χ4v) is 4.99. The summed E-state index contributed by atoms with van der Waals surface area (Å²) in [5.41, 5.74) is 1.57. The van der Waals surface area contributed by atoms with Gasteiger partial charge in [-0.1, -0.05) is 11.6 Å². The molecule has 0 fully saturated rings. The number of halogens is 5. The third kappa shape index (κ3) is 6.33. The number of rotatable bonds is 7. The zero-order chi connectivity index (χ0) is 31.8. The molecule has 5 aromatic rings. The van der Waals surface area contributed by atoms with Gasteiger partial charge in [-0.2, -0.15) is 25.4 Å². The topological polar surface area (TPSA) is 153 Å². The van der Waals surface area contributed by atoms with Crippen molar-refractivity contribution in [1.29, 1.82) is 5.26 Å². The number of carbonyl (C=O) groups excluding carboxylic acids is 2. The Bertz CT molecular complexity index is 1990. The van der Waals surface area contributed by atoms with Crippen LogP contribution in [-0.2, 0) is 6.54 Å². The van der Waals surface area contributed by atoms with E-state index in [1.165, 1.54) is 40.9 Å². The van der Waals surface area contributed by atoms with Gasteiger partial charge in [-0.25, -0.2) is 9.67 Å². The molecule has 5 rings (SSSR count). The first kappa shape index (κ1) is 30.4. The van der Waals surface area contributed by atoms with Crippen molar-refractivity contribution in [3.8, 4) is 17.6 Å². The van der Waals surface area contributed by atoms with Crippen molar-refractivity contribution in [3.05, 3.63) is 86.2 Å². The van der Waals surface area contributed by atoms with Gasteiger partial charge in [0.15, 0.2) is 5.82 Å². The lowest BCUT2D eigenvalue weighted by atomic mass is 10.0. The highest BCUT2D eigenvalue weighted by Gasteiger charge is 2.31. The summed E-state index contributed by atoms with van der Waals surface area (Å²) in [7, 11) is 1.42. The number of ether oxygens (including phenoxy) is 1. The standard InChI is InChI=1S/C27H18BrClF3N9O3/c1-13-6-14(11-33)7-17(25(42)34-2)22(13)36-26(43)21-8-15(37-41(21)24-19(29)4-3-5-35-24)12-40-38-20-10-16(44-27(30,31)32)9-18(28)23(20)39-40/h3-10H,12H2,1-2H3,(H,34,42)(H,36,43). The molecule has 12 nitrogen and oxygen atoms in total. The second-order valence-corrected chi connectivity index (χ2v) is 10.4. The Kier molecular flexibility index (Phi) is 8.26. The minimum Gasteiger partial charge on any atom is -0.406 e. The molecule has 0 spiro atoms. The highest BCUT2D eigenvalue weighted by Crippen LogP contribution is 2.31. The summed E-state index contributed by atoms with van der Waals surface area (Å²) in [6, 6.07) is 11.7. The maximum atomic E-state index is 13.7. The van der Waals surface area contributed by atoms with Crippen LogP contribution in [0, 0.1) is 18.3 Å². The fraction of sp³-hybridized carbons (Fsp3) is 0.148. The number of benzene rings is 2. The Morgan fingerprint density at radius 1 is 1.14 bits per heavy atom. The Labute approximate surface area is 259 Å². The van der Waals surface area contributed by atoms with Gasteiger partial charge in [-0.15, -0.1) is 13.2 Å². The molecule has 0 atom stereocenters. The van der Waals surface area contributed by atoms with Crippen LogP contribution in [0.2, 0.25) is 5.02 Å². The number of hydrogen-bond acceptors (Lipinski definition) is 8. The van der Waals surface area contributed by atoms with Gasteiger partial charge >= 0.3 is 6.36 Å². The van der Waals surface area contributed by atoms with Gasteiger partial charge in [0.2, 0.25) is 0 Å². The average Bonchev–Trinajstić information content (AvgIpc) is 3.57. The zero-order valence-electron chi connectivity index (χ0n) is 22.6. The molecule has 224 valence electrons. The highest BCUT2D eigenvalue weighted by molar-refractivity contribution is 9.10. The van der Waals surface area contributed by atoms with E-state index in [1.54, 1.807) is 19.1 Å². The van der Waals surface area contributed by atoms with Gasteiger partial charge in [0.05, 0.1) is 38.1 Å². The number of aryl methyl sites for hydroxylation is 1. The second-order valence-electron chi connectivity index (χ2n) is 9.15. The number of anilines is 1. The number of fused-ring (bicyclic) bond motifs is 1. The molecule has 2 N–H and O–H groups in total. The molecule has 0 aliphatic heterocycles. The summed E-state index contributed by atoms with van der Waals surface area (Å²) >= 11 is 9.56. The van der Waals surface area contributed by atoms with Crippen molar-refractivity contribution in [2.24, 2.45) is 0 Å². The molecule has 0 radical (unpaired) electrons. The molecule has 44 heavy (non-hydrogen) atoms. The normalized spacial score (nSPS) is 11.3. The number of carbonyl (C=O) groups is 2. The van der Waals surface area contributed by atoms with Crippen molar-refractivity contribution in [2.75, 3.05) is 12.4 Å². The smallest absolute Gasteiger partial charge is 0.406 e. The predicted octanol–water partition coefficient (Wildman–Crippen LogP) is 5.17. The Balaban J connectivity index is 1.54. The minimum atomic E-state index is -4.89. The summed E-state index contributed by atoms with van der Waals surface area (Å²) in [6.45, 7) is 1.53. The Hall–Kier alpha value is -5.01. The molecule has 17 heteroatoms. The monoisotopic (exact) mass is 687 g/mol. The van der Waals surface area contributed by atoms with Crippen molar-refractivity contribution in [2.45, 2.75) is 19.8 Å². The number of hydrogen-bond donors (Lipinski definition) is 2. The van der Waals surface area contributed by atoms with E-state index >= 15 is 0 Å². The summed E-state index contributed by atoms with van der Waals surface area (Å²) in [5, 5.41) is 27.8. The Morgan fingerprint density at radius 2 is 1.91 bits per heavy atom. The maximum Gasteiger partial charge on any atom is 0.573 e. The number of pyridine rings is 1. The van der Waals surface area contributed by atoms with E-state index in [0.717, 1.165) is 12.1 Å². The van der Waals surface area contributed by atoms with Crippen molar-refractivity contribution in [3.63, 3.8) is 0 Å². The lowest BCUT2D eigenvalue weighted by Crippen LogP contribution is -2.24. The number of amides is 2. The molecule has 2 amide bonds. The van der Waals surface area contributed by atoms with Crippen molar-refractivity contribution >= 4 is 56.1 Å². The SMILES string of the molecule is CNC(=O)c1cc(C#N)cc(C)c1NC(=O)c1cc(Cn2nc3cc(OC(F)(F)F)cc(Br)c3n2)nn1-c1ncccc1Cl. The highest BCUT2D eigenvalue weighted by atomic mass is 79.9. The van der Waals surface area contributed by atoms with Gasteiger partial charge in [0, 0.05) is 19.3 Å². The molecular formula is C27H18BrClF3N9O3. The van der Waals surface area contributed by atoms with Crippen LogP contribution in [0.3, 0.4) is 0 Å². The first-order valence-electron chi connectivity index (χ1n) is 12.4. The molecule has 0 aliphatic rings. The molecule has 0 saturated heterocycles. The van der Waals surface area contributed by atoms with Crippen LogP contribution in [0.1, 0.15) is 37.7 Å². The van der Waals surface area contributed by atoms with Crippen LogP contribution in [0.5, 0.6) is 5.75 Å². The summed E-state index contributed by atoms with van der Waals surface area (Å²) < 4.78 is 43.7. The van der Waals surface area contributed by atoms with E-state index in [-0.39, 0.29) is 61.1 Å². The van der Waals surface area contributed by atoms with E-state index in [9.17, 15) is 28.0 Å². The van der Waals surface area contributed by atoms with E-state index in [1.807, 2.05) is 6.07 Å². The van der Waals surface area contributed by atoms with Gasteiger partial charge in [0.25, 0.3) is 11.8 Å². The van der Waals surface area contributed by atoms with E-state index in [2.05, 4.69) is 51.6 Å². The first-order valence-corrected chi connectivity index (χ1v) is 13.6. The van der Waals surface area contributed by atoms with Gasteiger partial charge in [0.1, 0.15) is 29.0 Å². The van der Waals surface area contributed by atoms with Crippen LogP contribution in [0.15, 0.2) is 53.1 Å². The molecule has 0 bridgehead atoms. The first-order chi connectivity index (χ1) is 20.9. The average molecular weight is 689 g/mol. The van der Waals surface area contributed by atoms with Crippen molar-refractivity contribution in [1.82, 2.24) is 35.1 Å². The van der Waals surface area contributed by atoms with E-state index in [0.29, 0.717) is 5.56 Å². The number of nitrogens with zero attached hydrogens (tertiary/aromatic N) is 7. The van der Waals surface area contributed by atoms with Crippen LogP contribution < -0.4 is 15.4 Å². The number of nitriles is 1. The third-order valence-corrected chi connectivity index (χ3v) is 7.00. The van der Waals surface area contributed by atoms with E-state index in [4.69, 9.17) is 11.6 Å². The van der Waals surface area contributed by atoms with Crippen LogP contribution in [-0.4, -0.2) is 55.0 Å². The lowest BCUT2D eigenvalue weighted by molar-refractivity contribution is -0.274. The third-order valence-electron chi connectivity index (χ3n) is 6.10. The minimum absolute atomic E-state index is 0.0222. The van der Waals surface area contributed by atoms with Crippen molar-refractivity contribution < 1.29 is 27.5 Å². The zero-order valence-corrected chi connectivity index (χ0v) is 24.9.